The minimum atomic E-state index is -0.0712. The SMILES string of the molecule is COc1cccc(C(CC(=O)NCc2ccc(C)cc2)n2cccc2)c1. The fourth-order valence-corrected chi connectivity index (χ4v) is 2.95. The number of nitrogens with zero attached hydrogens (tertiary/aromatic N) is 1. The van der Waals surface area contributed by atoms with E-state index >= 15 is 0 Å². The summed E-state index contributed by atoms with van der Waals surface area (Å²) in [5, 5.41) is 3.03. The molecule has 0 radical (unpaired) electrons. The summed E-state index contributed by atoms with van der Waals surface area (Å²) >= 11 is 0. The van der Waals surface area contributed by atoms with Crippen molar-refractivity contribution in [2.75, 3.05) is 7.11 Å². The molecule has 0 bridgehead atoms. The Kier molecular flexibility index (Phi) is 5.74. The summed E-state index contributed by atoms with van der Waals surface area (Å²) < 4.78 is 7.39. The highest BCUT2D eigenvalue weighted by Gasteiger charge is 2.18. The first kappa shape index (κ1) is 17.8. The largest absolute Gasteiger partial charge is 0.497 e. The summed E-state index contributed by atoms with van der Waals surface area (Å²) in [5.74, 6) is 0.812. The van der Waals surface area contributed by atoms with Crippen molar-refractivity contribution in [3.8, 4) is 5.75 Å². The quantitative estimate of drug-likeness (QED) is 0.698. The maximum atomic E-state index is 12.6. The second-order valence-electron chi connectivity index (χ2n) is 6.39. The highest BCUT2D eigenvalue weighted by atomic mass is 16.5. The number of benzene rings is 2. The summed E-state index contributed by atoms with van der Waals surface area (Å²) in [6, 6.07) is 19.9. The number of carbonyl (C=O) groups excluding carboxylic acids is 1. The highest BCUT2D eigenvalue weighted by Crippen LogP contribution is 2.25. The Balaban J connectivity index is 1.71. The third-order valence-corrected chi connectivity index (χ3v) is 4.45. The fraction of sp³-hybridized carbons (Fsp3) is 0.227. The van der Waals surface area contributed by atoms with Crippen molar-refractivity contribution in [3.63, 3.8) is 0 Å². The molecule has 1 unspecified atom stereocenters. The predicted molar refractivity (Wildman–Crippen MR) is 103 cm³/mol. The average Bonchev–Trinajstić information content (AvgIpc) is 3.20. The Morgan fingerprint density at radius 2 is 1.81 bits per heavy atom. The van der Waals surface area contributed by atoms with E-state index in [9.17, 15) is 4.79 Å². The summed E-state index contributed by atoms with van der Waals surface area (Å²) in [7, 11) is 1.65. The van der Waals surface area contributed by atoms with Crippen molar-refractivity contribution in [1.82, 2.24) is 9.88 Å². The van der Waals surface area contributed by atoms with Gasteiger partial charge in [0.25, 0.3) is 0 Å². The van der Waals surface area contributed by atoms with Gasteiger partial charge < -0.3 is 14.6 Å². The number of aryl methyl sites for hydroxylation is 1. The molecule has 0 fully saturated rings. The third kappa shape index (κ3) is 4.54. The Bertz CT molecular complexity index is 839. The maximum Gasteiger partial charge on any atom is 0.222 e. The van der Waals surface area contributed by atoms with Crippen LogP contribution in [0.5, 0.6) is 5.75 Å². The molecular weight excluding hydrogens is 324 g/mol. The second-order valence-corrected chi connectivity index (χ2v) is 6.39. The first-order valence-electron chi connectivity index (χ1n) is 8.74. The van der Waals surface area contributed by atoms with Gasteiger partial charge in [0, 0.05) is 18.9 Å². The van der Waals surface area contributed by atoms with Crippen molar-refractivity contribution in [3.05, 3.63) is 89.7 Å². The minimum absolute atomic E-state index is 0.0205. The predicted octanol–water partition coefficient (Wildman–Crippen LogP) is 4.10. The zero-order valence-electron chi connectivity index (χ0n) is 15.2. The normalized spacial score (nSPS) is 11.8. The van der Waals surface area contributed by atoms with Gasteiger partial charge in [0.1, 0.15) is 5.75 Å². The molecule has 134 valence electrons. The van der Waals surface area contributed by atoms with E-state index < -0.39 is 0 Å². The van der Waals surface area contributed by atoms with Crippen LogP contribution in [0, 0.1) is 6.92 Å². The van der Waals surface area contributed by atoms with Gasteiger partial charge in [-0.05, 0) is 42.3 Å². The lowest BCUT2D eigenvalue weighted by Crippen LogP contribution is -2.26. The third-order valence-electron chi connectivity index (χ3n) is 4.45. The van der Waals surface area contributed by atoms with Gasteiger partial charge in [-0.15, -0.1) is 0 Å². The molecule has 1 atom stereocenters. The molecule has 0 saturated heterocycles. The molecule has 1 N–H and O–H groups in total. The highest BCUT2D eigenvalue weighted by molar-refractivity contribution is 5.76. The van der Waals surface area contributed by atoms with Crippen LogP contribution in [-0.4, -0.2) is 17.6 Å². The van der Waals surface area contributed by atoms with Crippen LogP contribution in [0.3, 0.4) is 0 Å². The monoisotopic (exact) mass is 348 g/mol. The number of aromatic nitrogens is 1. The van der Waals surface area contributed by atoms with E-state index in [1.54, 1.807) is 7.11 Å². The molecule has 1 aromatic heterocycles. The number of ether oxygens (including phenoxy) is 1. The Labute approximate surface area is 154 Å². The summed E-state index contributed by atoms with van der Waals surface area (Å²) in [4.78, 5) is 12.6. The first-order chi connectivity index (χ1) is 12.7. The van der Waals surface area contributed by atoms with Crippen LogP contribution < -0.4 is 10.1 Å². The standard InChI is InChI=1S/C22H24N2O2/c1-17-8-10-18(11-9-17)16-23-22(25)15-21(24-12-3-4-13-24)19-6-5-7-20(14-19)26-2/h3-14,21H,15-16H2,1-2H3,(H,23,25). The maximum absolute atomic E-state index is 12.6. The lowest BCUT2D eigenvalue weighted by Gasteiger charge is -2.20. The second kappa shape index (κ2) is 8.39. The van der Waals surface area contributed by atoms with Crippen LogP contribution >= 0.6 is 0 Å². The van der Waals surface area contributed by atoms with E-state index in [-0.39, 0.29) is 11.9 Å². The summed E-state index contributed by atoms with van der Waals surface area (Å²) in [5.41, 5.74) is 3.36. The molecule has 0 aliphatic rings. The number of rotatable bonds is 7. The number of methoxy groups -OCH3 is 1. The molecule has 26 heavy (non-hydrogen) atoms. The van der Waals surface area contributed by atoms with Crippen LogP contribution in [-0.2, 0) is 11.3 Å². The van der Waals surface area contributed by atoms with Gasteiger partial charge in [-0.2, -0.15) is 0 Å². The van der Waals surface area contributed by atoms with Crippen molar-refractivity contribution in [1.29, 1.82) is 0 Å². The van der Waals surface area contributed by atoms with E-state index in [4.69, 9.17) is 4.74 Å². The lowest BCUT2D eigenvalue weighted by molar-refractivity contribution is -0.121. The zero-order valence-corrected chi connectivity index (χ0v) is 15.2. The molecule has 0 saturated carbocycles. The molecule has 0 aliphatic carbocycles. The minimum Gasteiger partial charge on any atom is -0.497 e. The van der Waals surface area contributed by atoms with E-state index in [2.05, 4.69) is 28.9 Å². The van der Waals surface area contributed by atoms with Gasteiger partial charge >= 0.3 is 0 Å². The fourth-order valence-electron chi connectivity index (χ4n) is 2.95. The summed E-state index contributed by atoms with van der Waals surface area (Å²) in [6.45, 7) is 2.59. The van der Waals surface area contributed by atoms with Crippen molar-refractivity contribution in [2.45, 2.75) is 25.9 Å². The van der Waals surface area contributed by atoms with Gasteiger partial charge in [-0.1, -0.05) is 42.0 Å². The zero-order chi connectivity index (χ0) is 18.4. The van der Waals surface area contributed by atoms with Crippen LogP contribution in [0.4, 0.5) is 0 Å². The Hall–Kier alpha value is -3.01. The van der Waals surface area contributed by atoms with E-state index in [1.165, 1.54) is 5.56 Å². The van der Waals surface area contributed by atoms with Crippen molar-refractivity contribution >= 4 is 5.91 Å². The number of hydrogen-bond donors (Lipinski definition) is 1. The molecule has 0 spiro atoms. The Morgan fingerprint density at radius 3 is 2.50 bits per heavy atom. The van der Waals surface area contributed by atoms with Crippen LogP contribution in [0.15, 0.2) is 73.1 Å². The smallest absolute Gasteiger partial charge is 0.222 e. The van der Waals surface area contributed by atoms with Crippen LogP contribution in [0.25, 0.3) is 0 Å². The molecule has 3 aromatic rings. The molecular formula is C22H24N2O2. The average molecular weight is 348 g/mol. The molecule has 2 aromatic carbocycles. The van der Waals surface area contributed by atoms with Gasteiger partial charge in [0.15, 0.2) is 0 Å². The van der Waals surface area contributed by atoms with Gasteiger partial charge in [-0.3, -0.25) is 4.79 Å². The van der Waals surface area contributed by atoms with E-state index in [0.717, 1.165) is 16.9 Å². The summed E-state index contributed by atoms with van der Waals surface area (Å²) in [6.07, 6.45) is 4.34. The van der Waals surface area contributed by atoms with E-state index in [1.807, 2.05) is 60.9 Å². The molecule has 4 nitrogen and oxygen atoms in total. The first-order valence-corrected chi connectivity index (χ1v) is 8.74. The van der Waals surface area contributed by atoms with Crippen LogP contribution in [0.1, 0.15) is 29.2 Å². The molecule has 0 aliphatic heterocycles. The molecule has 1 amide bonds. The molecule has 3 rings (SSSR count). The number of carbonyl (C=O) groups is 1. The lowest BCUT2D eigenvalue weighted by atomic mass is 10.0. The van der Waals surface area contributed by atoms with E-state index in [0.29, 0.717) is 13.0 Å². The van der Waals surface area contributed by atoms with Crippen molar-refractivity contribution < 1.29 is 9.53 Å². The van der Waals surface area contributed by atoms with Crippen LogP contribution in [0.2, 0.25) is 0 Å². The van der Waals surface area contributed by atoms with Gasteiger partial charge in [0.2, 0.25) is 5.91 Å². The van der Waals surface area contributed by atoms with Gasteiger partial charge in [0.05, 0.1) is 19.6 Å². The Morgan fingerprint density at radius 1 is 1.08 bits per heavy atom. The number of amides is 1. The topological polar surface area (TPSA) is 43.3 Å². The number of nitrogens with one attached hydrogen (secondary N) is 1. The number of hydrogen-bond acceptors (Lipinski definition) is 2. The van der Waals surface area contributed by atoms with Crippen molar-refractivity contribution in [2.24, 2.45) is 0 Å². The molecule has 4 heteroatoms. The van der Waals surface area contributed by atoms with Gasteiger partial charge in [-0.25, -0.2) is 0 Å². The molecule has 1 heterocycles.